The summed E-state index contributed by atoms with van der Waals surface area (Å²) in [5, 5.41) is 3.69. The van der Waals surface area contributed by atoms with E-state index in [-0.39, 0.29) is 11.7 Å². The summed E-state index contributed by atoms with van der Waals surface area (Å²) in [6.07, 6.45) is 0. The minimum Gasteiger partial charge on any atom is -0.493 e. The molecular formula is C22H17NO3. The Morgan fingerprint density at radius 1 is 0.885 bits per heavy atom. The fourth-order valence-electron chi connectivity index (χ4n) is 2.88. The van der Waals surface area contributed by atoms with Gasteiger partial charge in [0.2, 0.25) is 0 Å². The molecule has 0 aliphatic carbocycles. The van der Waals surface area contributed by atoms with Gasteiger partial charge in [0.15, 0.2) is 17.1 Å². The first-order valence-electron chi connectivity index (χ1n) is 8.28. The first kappa shape index (κ1) is 16.0. The lowest BCUT2D eigenvalue weighted by Gasteiger charge is -2.05. The summed E-state index contributed by atoms with van der Waals surface area (Å²) in [5.41, 5.74) is 3.51. The van der Waals surface area contributed by atoms with Crippen molar-refractivity contribution in [3.63, 3.8) is 0 Å². The molecule has 0 atom stereocenters. The number of carbonyl (C=O) groups excluding carboxylic acids is 1. The predicted octanol–water partition coefficient (Wildman–Crippen LogP) is 5.36. The highest BCUT2D eigenvalue weighted by Gasteiger charge is 2.15. The van der Waals surface area contributed by atoms with Crippen LogP contribution in [0.2, 0.25) is 0 Å². The van der Waals surface area contributed by atoms with E-state index in [1.165, 1.54) is 0 Å². The molecule has 0 aliphatic rings. The summed E-state index contributed by atoms with van der Waals surface area (Å²) in [7, 11) is 1.57. The lowest BCUT2D eigenvalue weighted by molar-refractivity contribution is 0.0998. The Morgan fingerprint density at radius 2 is 1.62 bits per heavy atom. The molecule has 128 valence electrons. The van der Waals surface area contributed by atoms with Crippen LogP contribution in [-0.4, -0.2) is 13.0 Å². The highest BCUT2D eigenvalue weighted by atomic mass is 16.5. The molecule has 1 amide bonds. The van der Waals surface area contributed by atoms with Crippen molar-refractivity contribution < 1.29 is 13.9 Å². The molecule has 1 N–H and O–H groups in total. The number of nitrogens with one attached hydrogen (secondary N) is 1. The second kappa shape index (κ2) is 6.76. The van der Waals surface area contributed by atoms with Crippen molar-refractivity contribution in [2.75, 3.05) is 12.4 Å². The van der Waals surface area contributed by atoms with Crippen LogP contribution in [0.4, 0.5) is 5.69 Å². The maximum absolute atomic E-state index is 12.5. The standard InChI is InChI=1S/C22H17NO3/c1-25-19-9-5-8-17-14-20(26-21(17)19)22(24)23-18-12-10-16(11-13-18)15-6-3-2-4-7-15/h2-14H,1H3,(H,23,24). The van der Waals surface area contributed by atoms with E-state index in [1.807, 2.05) is 54.6 Å². The zero-order valence-electron chi connectivity index (χ0n) is 14.2. The van der Waals surface area contributed by atoms with Crippen LogP contribution < -0.4 is 10.1 Å². The van der Waals surface area contributed by atoms with Gasteiger partial charge in [0, 0.05) is 11.1 Å². The second-order valence-corrected chi connectivity index (χ2v) is 5.89. The lowest BCUT2D eigenvalue weighted by Crippen LogP contribution is -2.10. The van der Waals surface area contributed by atoms with Gasteiger partial charge in [0.25, 0.3) is 5.91 Å². The predicted molar refractivity (Wildman–Crippen MR) is 103 cm³/mol. The van der Waals surface area contributed by atoms with Crippen LogP contribution in [0.3, 0.4) is 0 Å². The van der Waals surface area contributed by atoms with Gasteiger partial charge in [-0.15, -0.1) is 0 Å². The molecule has 0 saturated carbocycles. The maximum atomic E-state index is 12.5. The van der Waals surface area contributed by atoms with Crippen molar-refractivity contribution in [3.05, 3.63) is 84.6 Å². The van der Waals surface area contributed by atoms with Crippen LogP contribution in [-0.2, 0) is 0 Å². The molecular weight excluding hydrogens is 326 g/mol. The summed E-state index contributed by atoms with van der Waals surface area (Å²) < 4.78 is 10.9. The molecule has 26 heavy (non-hydrogen) atoms. The highest BCUT2D eigenvalue weighted by Crippen LogP contribution is 2.29. The number of ether oxygens (including phenoxy) is 1. The third-order valence-corrected chi connectivity index (χ3v) is 4.20. The number of anilines is 1. The Morgan fingerprint density at radius 3 is 2.35 bits per heavy atom. The lowest BCUT2D eigenvalue weighted by atomic mass is 10.1. The number of furan rings is 1. The number of carbonyl (C=O) groups is 1. The summed E-state index contributed by atoms with van der Waals surface area (Å²) in [6, 6.07) is 25.1. The number of benzene rings is 3. The number of rotatable bonds is 4. The molecule has 4 heteroatoms. The first-order valence-corrected chi connectivity index (χ1v) is 8.28. The topological polar surface area (TPSA) is 51.5 Å². The Bertz CT molecular complexity index is 1050. The van der Waals surface area contributed by atoms with Crippen LogP contribution in [0.25, 0.3) is 22.1 Å². The van der Waals surface area contributed by atoms with Crippen molar-refractivity contribution in [2.45, 2.75) is 0 Å². The van der Waals surface area contributed by atoms with Gasteiger partial charge in [-0.3, -0.25) is 4.79 Å². The summed E-state index contributed by atoms with van der Waals surface area (Å²) >= 11 is 0. The van der Waals surface area contributed by atoms with Crippen LogP contribution in [0.1, 0.15) is 10.6 Å². The van der Waals surface area contributed by atoms with Gasteiger partial charge < -0.3 is 14.5 Å². The third kappa shape index (κ3) is 3.05. The molecule has 4 nitrogen and oxygen atoms in total. The van der Waals surface area contributed by atoms with E-state index in [2.05, 4.69) is 17.4 Å². The maximum Gasteiger partial charge on any atom is 0.291 e. The van der Waals surface area contributed by atoms with E-state index >= 15 is 0 Å². The van der Waals surface area contributed by atoms with Crippen LogP contribution in [0.15, 0.2) is 83.3 Å². The van der Waals surface area contributed by atoms with E-state index in [4.69, 9.17) is 9.15 Å². The molecule has 0 aliphatic heterocycles. The number of methoxy groups -OCH3 is 1. The molecule has 0 fully saturated rings. The Hall–Kier alpha value is -3.53. The van der Waals surface area contributed by atoms with Gasteiger partial charge in [0.05, 0.1) is 7.11 Å². The average molecular weight is 343 g/mol. The molecule has 0 saturated heterocycles. The normalized spacial score (nSPS) is 10.7. The van der Waals surface area contributed by atoms with E-state index < -0.39 is 0 Å². The van der Waals surface area contributed by atoms with Crippen molar-refractivity contribution >= 4 is 22.6 Å². The molecule has 0 radical (unpaired) electrons. The van der Waals surface area contributed by atoms with Gasteiger partial charge in [-0.05, 0) is 35.4 Å². The Balaban J connectivity index is 1.55. The van der Waals surface area contributed by atoms with Crippen molar-refractivity contribution in [1.29, 1.82) is 0 Å². The largest absolute Gasteiger partial charge is 0.493 e. The number of hydrogen-bond acceptors (Lipinski definition) is 3. The van der Waals surface area contributed by atoms with Gasteiger partial charge in [-0.2, -0.15) is 0 Å². The zero-order valence-corrected chi connectivity index (χ0v) is 14.2. The Labute approximate surface area is 151 Å². The summed E-state index contributed by atoms with van der Waals surface area (Å²) in [5.74, 6) is 0.557. The number of para-hydroxylation sites is 1. The molecule has 1 heterocycles. The minimum absolute atomic E-state index is 0.247. The highest BCUT2D eigenvalue weighted by molar-refractivity contribution is 6.05. The molecule has 0 bridgehead atoms. The number of amides is 1. The quantitative estimate of drug-likeness (QED) is 0.542. The fourth-order valence-corrected chi connectivity index (χ4v) is 2.88. The second-order valence-electron chi connectivity index (χ2n) is 5.89. The van der Waals surface area contributed by atoms with Gasteiger partial charge in [-0.1, -0.05) is 54.6 Å². The Kier molecular flexibility index (Phi) is 4.15. The monoisotopic (exact) mass is 343 g/mol. The zero-order chi connectivity index (χ0) is 17.9. The number of fused-ring (bicyclic) bond motifs is 1. The van der Waals surface area contributed by atoms with E-state index in [1.54, 1.807) is 19.2 Å². The third-order valence-electron chi connectivity index (χ3n) is 4.20. The van der Waals surface area contributed by atoms with E-state index in [9.17, 15) is 4.79 Å². The fraction of sp³-hybridized carbons (Fsp3) is 0.0455. The summed E-state index contributed by atoms with van der Waals surface area (Å²) in [4.78, 5) is 12.5. The smallest absolute Gasteiger partial charge is 0.291 e. The van der Waals surface area contributed by atoms with Crippen molar-refractivity contribution in [3.8, 4) is 16.9 Å². The molecule has 4 rings (SSSR count). The molecule has 4 aromatic rings. The van der Waals surface area contributed by atoms with E-state index in [0.717, 1.165) is 16.5 Å². The number of hydrogen-bond donors (Lipinski definition) is 1. The van der Waals surface area contributed by atoms with E-state index in [0.29, 0.717) is 17.0 Å². The SMILES string of the molecule is COc1cccc2cc(C(=O)Nc3ccc(-c4ccccc4)cc3)oc12. The first-order chi connectivity index (χ1) is 12.7. The van der Waals surface area contributed by atoms with Crippen LogP contribution in [0.5, 0.6) is 5.75 Å². The molecule has 0 spiro atoms. The van der Waals surface area contributed by atoms with Crippen LogP contribution in [0, 0.1) is 0 Å². The van der Waals surface area contributed by atoms with Crippen molar-refractivity contribution in [2.24, 2.45) is 0 Å². The summed E-state index contributed by atoms with van der Waals surface area (Å²) in [6.45, 7) is 0. The van der Waals surface area contributed by atoms with Gasteiger partial charge >= 0.3 is 0 Å². The molecule has 3 aromatic carbocycles. The van der Waals surface area contributed by atoms with Gasteiger partial charge in [0.1, 0.15) is 0 Å². The van der Waals surface area contributed by atoms with Crippen molar-refractivity contribution in [1.82, 2.24) is 0 Å². The van der Waals surface area contributed by atoms with Gasteiger partial charge in [-0.25, -0.2) is 0 Å². The molecule has 0 unspecified atom stereocenters. The molecule has 1 aromatic heterocycles. The average Bonchev–Trinajstić information content (AvgIpc) is 3.14. The minimum atomic E-state index is -0.296. The van der Waals surface area contributed by atoms with Crippen LogP contribution >= 0.6 is 0 Å².